The van der Waals surface area contributed by atoms with E-state index in [4.69, 9.17) is 20.8 Å². The summed E-state index contributed by atoms with van der Waals surface area (Å²) in [4.78, 5) is 23.4. The van der Waals surface area contributed by atoms with Crippen molar-refractivity contribution < 1.29 is 14.1 Å². The number of hydrogen-bond donors (Lipinski definition) is 0. The van der Waals surface area contributed by atoms with Crippen LogP contribution < -0.4 is 10.2 Å². The van der Waals surface area contributed by atoms with Crippen molar-refractivity contribution in [1.82, 2.24) is 0 Å². The van der Waals surface area contributed by atoms with Crippen LogP contribution in [0.15, 0.2) is 82.0 Å². The molecule has 0 spiro atoms. The first kappa shape index (κ1) is 18.7. The van der Waals surface area contributed by atoms with Gasteiger partial charge in [0, 0.05) is 22.7 Å². The molecule has 1 aromatic heterocycles. The number of halogens is 1. The largest absolute Gasteiger partial charge is 0.481 e. The van der Waals surface area contributed by atoms with E-state index < -0.39 is 4.92 Å². The van der Waals surface area contributed by atoms with Crippen molar-refractivity contribution in [3.63, 3.8) is 0 Å². The molecule has 29 heavy (non-hydrogen) atoms. The van der Waals surface area contributed by atoms with Crippen LogP contribution in [-0.4, -0.2) is 4.92 Å². The van der Waals surface area contributed by atoms with Crippen LogP contribution in [-0.2, 0) is 6.61 Å². The summed E-state index contributed by atoms with van der Waals surface area (Å²) in [5.74, 6) is 0.372. The van der Waals surface area contributed by atoms with Crippen molar-refractivity contribution in [1.29, 1.82) is 0 Å². The lowest BCUT2D eigenvalue weighted by Gasteiger charge is -2.12. The van der Waals surface area contributed by atoms with Gasteiger partial charge in [-0.25, -0.2) is 0 Å². The van der Waals surface area contributed by atoms with Gasteiger partial charge in [-0.2, -0.15) is 0 Å². The van der Waals surface area contributed by atoms with Crippen molar-refractivity contribution in [2.24, 2.45) is 0 Å². The number of rotatable bonds is 5. The van der Waals surface area contributed by atoms with E-state index in [9.17, 15) is 14.9 Å². The maximum absolute atomic E-state index is 13.1. The van der Waals surface area contributed by atoms with Gasteiger partial charge in [0.15, 0.2) is 5.76 Å². The third-order valence-corrected chi connectivity index (χ3v) is 4.64. The van der Waals surface area contributed by atoms with Gasteiger partial charge >= 0.3 is 0 Å². The van der Waals surface area contributed by atoms with Crippen molar-refractivity contribution >= 4 is 28.3 Å². The highest BCUT2D eigenvalue weighted by molar-refractivity contribution is 6.30. The smallest absolute Gasteiger partial charge is 0.269 e. The van der Waals surface area contributed by atoms with Gasteiger partial charge in [0.1, 0.15) is 12.2 Å². The third-order valence-electron chi connectivity index (χ3n) is 4.39. The summed E-state index contributed by atoms with van der Waals surface area (Å²) in [6.45, 7) is 0.0572. The molecule has 0 aliphatic rings. The Bertz CT molecular complexity index is 1250. The molecule has 0 radical (unpaired) electrons. The van der Waals surface area contributed by atoms with Gasteiger partial charge in [0.05, 0.1) is 10.3 Å². The zero-order valence-electron chi connectivity index (χ0n) is 15.0. The SMILES string of the molecule is O=c1c(OCc2ccc([N+](=O)[O-])cc2)c(-c2ccc(Cl)cc2)oc2ccccc12. The Morgan fingerprint density at radius 2 is 1.66 bits per heavy atom. The fourth-order valence-electron chi connectivity index (χ4n) is 2.92. The molecule has 0 aliphatic carbocycles. The van der Waals surface area contributed by atoms with E-state index in [2.05, 4.69) is 0 Å². The van der Waals surface area contributed by atoms with E-state index >= 15 is 0 Å². The predicted molar refractivity (Wildman–Crippen MR) is 110 cm³/mol. The molecule has 0 saturated heterocycles. The Balaban J connectivity index is 1.76. The van der Waals surface area contributed by atoms with E-state index in [1.54, 1.807) is 60.7 Å². The summed E-state index contributed by atoms with van der Waals surface area (Å²) < 4.78 is 11.8. The maximum Gasteiger partial charge on any atom is 0.269 e. The summed E-state index contributed by atoms with van der Waals surface area (Å²) in [5, 5.41) is 11.8. The average molecular weight is 408 g/mol. The van der Waals surface area contributed by atoms with Crippen molar-refractivity contribution in [2.75, 3.05) is 0 Å². The molecule has 3 aromatic carbocycles. The molecule has 0 amide bonds. The quantitative estimate of drug-likeness (QED) is 0.317. The first-order valence-electron chi connectivity index (χ1n) is 8.71. The number of fused-ring (bicyclic) bond motifs is 1. The topological polar surface area (TPSA) is 82.6 Å². The molecular formula is C22H14ClNO5. The average Bonchev–Trinajstić information content (AvgIpc) is 2.74. The van der Waals surface area contributed by atoms with E-state index in [0.717, 1.165) is 0 Å². The minimum atomic E-state index is -0.471. The van der Waals surface area contributed by atoms with Crippen LogP contribution in [0.4, 0.5) is 5.69 Å². The second-order valence-electron chi connectivity index (χ2n) is 6.30. The Hall–Kier alpha value is -3.64. The zero-order chi connectivity index (χ0) is 20.4. The minimum absolute atomic E-state index is 0.0131. The number of nitro benzene ring substituents is 1. The number of ether oxygens (including phenoxy) is 1. The monoisotopic (exact) mass is 407 g/mol. The molecule has 6 nitrogen and oxygen atoms in total. The molecular weight excluding hydrogens is 394 g/mol. The molecule has 0 fully saturated rings. The number of nitrogens with zero attached hydrogens (tertiary/aromatic N) is 1. The summed E-state index contributed by atoms with van der Waals surface area (Å²) in [5.41, 5.74) is 1.48. The van der Waals surface area contributed by atoms with Gasteiger partial charge in [-0.05, 0) is 54.1 Å². The van der Waals surface area contributed by atoms with E-state index in [0.29, 0.717) is 32.9 Å². The Labute approximate surface area is 170 Å². The molecule has 4 rings (SSSR count). The number of nitro groups is 1. The summed E-state index contributed by atoms with van der Waals surface area (Å²) >= 11 is 5.97. The molecule has 4 aromatic rings. The molecule has 144 valence electrons. The van der Waals surface area contributed by atoms with Crippen LogP contribution in [0, 0.1) is 10.1 Å². The molecule has 7 heteroatoms. The fourth-order valence-corrected chi connectivity index (χ4v) is 3.04. The lowest BCUT2D eigenvalue weighted by molar-refractivity contribution is -0.384. The van der Waals surface area contributed by atoms with Gasteiger partial charge in [-0.3, -0.25) is 14.9 Å². The van der Waals surface area contributed by atoms with E-state index in [1.807, 2.05) is 0 Å². The molecule has 0 unspecified atom stereocenters. The normalized spacial score (nSPS) is 10.8. The van der Waals surface area contributed by atoms with Crippen molar-refractivity contribution in [3.8, 4) is 17.1 Å². The molecule has 0 N–H and O–H groups in total. The molecule has 1 heterocycles. The van der Waals surface area contributed by atoms with Gasteiger partial charge in [-0.15, -0.1) is 0 Å². The predicted octanol–water partition coefficient (Wildman–Crippen LogP) is 5.60. The standard InChI is InChI=1S/C22H14ClNO5/c23-16-9-7-15(8-10-16)21-22(20(25)18-3-1-2-4-19(18)29-21)28-13-14-5-11-17(12-6-14)24(26)27/h1-12H,13H2. The lowest BCUT2D eigenvalue weighted by atomic mass is 10.1. The van der Waals surface area contributed by atoms with Crippen LogP contribution in [0.1, 0.15) is 5.56 Å². The van der Waals surface area contributed by atoms with Crippen molar-refractivity contribution in [3.05, 3.63) is 104 Å². The Kier molecular flexibility index (Phi) is 5.01. The molecule has 0 aliphatic heterocycles. The van der Waals surface area contributed by atoms with Crippen LogP contribution in [0.25, 0.3) is 22.3 Å². The second-order valence-corrected chi connectivity index (χ2v) is 6.74. The Morgan fingerprint density at radius 3 is 2.34 bits per heavy atom. The first-order valence-corrected chi connectivity index (χ1v) is 9.08. The van der Waals surface area contributed by atoms with Crippen LogP contribution in [0.5, 0.6) is 5.75 Å². The lowest BCUT2D eigenvalue weighted by Crippen LogP contribution is -2.10. The fraction of sp³-hybridized carbons (Fsp3) is 0.0455. The minimum Gasteiger partial charge on any atom is -0.481 e. The third kappa shape index (κ3) is 3.83. The number of benzene rings is 3. The molecule has 0 atom stereocenters. The number of para-hydroxylation sites is 1. The van der Waals surface area contributed by atoms with Gasteiger partial charge in [0.25, 0.3) is 5.69 Å². The highest BCUT2D eigenvalue weighted by Gasteiger charge is 2.18. The van der Waals surface area contributed by atoms with Gasteiger partial charge < -0.3 is 9.15 Å². The number of non-ortho nitro benzene ring substituents is 1. The van der Waals surface area contributed by atoms with Gasteiger partial charge in [-0.1, -0.05) is 23.7 Å². The second kappa shape index (κ2) is 7.77. The van der Waals surface area contributed by atoms with Crippen molar-refractivity contribution in [2.45, 2.75) is 6.61 Å². The van der Waals surface area contributed by atoms with Gasteiger partial charge in [0.2, 0.25) is 11.2 Å². The van der Waals surface area contributed by atoms with E-state index in [-0.39, 0.29) is 23.5 Å². The van der Waals surface area contributed by atoms with Crippen LogP contribution in [0.2, 0.25) is 5.02 Å². The molecule has 0 saturated carbocycles. The van der Waals surface area contributed by atoms with E-state index in [1.165, 1.54) is 12.1 Å². The maximum atomic E-state index is 13.1. The first-order chi connectivity index (χ1) is 14.0. The van der Waals surface area contributed by atoms with Crippen LogP contribution in [0.3, 0.4) is 0 Å². The Morgan fingerprint density at radius 1 is 0.966 bits per heavy atom. The summed E-state index contributed by atoms with van der Waals surface area (Å²) in [6, 6.07) is 19.8. The molecule has 0 bridgehead atoms. The van der Waals surface area contributed by atoms with Crippen LogP contribution >= 0.6 is 11.6 Å². The zero-order valence-corrected chi connectivity index (χ0v) is 15.8. The highest BCUT2D eigenvalue weighted by Crippen LogP contribution is 2.32. The summed E-state index contributed by atoms with van der Waals surface area (Å²) in [7, 11) is 0. The highest BCUT2D eigenvalue weighted by atomic mass is 35.5. The number of hydrogen-bond acceptors (Lipinski definition) is 5. The summed E-state index contributed by atoms with van der Waals surface area (Å²) in [6.07, 6.45) is 0.